The summed E-state index contributed by atoms with van der Waals surface area (Å²) in [4.78, 5) is 14.7. The molecule has 1 N–H and O–H groups in total. The molecule has 1 atom stereocenters. The molecule has 3 heteroatoms. The lowest BCUT2D eigenvalue weighted by molar-refractivity contribution is -0.122. The lowest BCUT2D eigenvalue weighted by atomic mass is 10.0. The normalized spacial score (nSPS) is 18.2. The van der Waals surface area contributed by atoms with E-state index in [1.807, 2.05) is 18.2 Å². The van der Waals surface area contributed by atoms with Gasteiger partial charge in [0.25, 0.3) is 0 Å². The third-order valence-corrected chi connectivity index (χ3v) is 4.60. The monoisotopic (exact) mass is 322 g/mol. The van der Waals surface area contributed by atoms with Crippen molar-refractivity contribution in [2.24, 2.45) is 0 Å². The Labute approximate surface area is 144 Å². The van der Waals surface area contributed by atoms with E-state index in [1.165, 1.54) is 11.1 Å². The van der Waals surface area contributed by atoms with E-state index < -0.39 is 0 Å². The topological polar surface area (TPSA) is 32.3 Å². The van der Waals surface area contributed by atoms with E-state index in [1.54, 1.807) is 0 Å². The Balaban J connectivity index is 1.44. The number of likely N-dealkylation sites (tertiary alicyclic amines) is 1. The van der Waals surface area contributed by atoms with Crippen LogP contribution in [-0.2, 0) is 17.8 Å². The maximum atomic E-state index is 12.2. The number of carbonyl (C=O) groups excluding carboxylic acids is 1. The molecule has 0 saturated carbocycles. The van der Waals surface area contributed by atoms with Crippen LogP contribution < -0.4 is 5.32 Å². The summed E-state index contributed by atoms with van der Waals surface area (Å²) in [6.07, 6.45) is 3.62. The zero-order valence-electron chi connectivity index (χ0n) is 14.2. The van der Waals surface area contributed by atoms with Gasteiger partial charge in [-0.2, -0.15) is 0 Å². The first-order valence-electron chi connectivity index (χ1n) is 8.89. The van der Waals surface area contributed by atoms with Crippen molar-refractivity contribution in [1.29, 1.82) is 0 Å². The van der Waals surface area contributed by atoms with Gasteiger partial charge in [-0.3, -0.25) is 9.69 Å². The van der Waals surface area contributed by atoms with Crippen molar-refractivity contribution in [3.05, 3.63) is 71.8 Å². The summed E-state index contributed by atoms with van der Waals surface area (Å²) in [6, 6.07) is 21.1. The Morgan fingerprint density at radius 2 is 1.67 bits per heavy atom. The average Bonchev–Trinajstić information content (AvgIpc) is 2.62. The number of aryl methyl sites for hydroxylation is 1. The van der Waals surface area contributed by atoms with Gasteiger partial charge in [-0.25, -0.2) is 0 Å². The predicted octanol–water partition coefficient (Wildman–Crippen LogP) is 3.40. The number of carbonyl (C=O) groups is 1. The van der Waals surface area contributed by atoms with Gasteiger partial charge in [0, 0.05) is 25.6 Å². The molecule has 1 amide bonds. The van der Waals surface area contributed by atoms with E-state index >= 15 is 0 Å². The van der Waals surface area contributed by atoms with Gasteiger partial charge in [-0.1, -0.05) is 60.7 Å². The second kappa shape index (κ2) is 8.65. The lowest BCUT2D eigenvalue weighted by Crippen LogP contribution is -2.47. The molecular formula is C21H26N2O. The largest absolute Gasteiger partial charge is 0.352 e. The lowest BCUT2D eigenvalue weighted by Gasteiger charge is -2.33. The quantitative estimate of drug-likeness (QED) is 0.884. The van der Waals surface area contributed by atoms with Crippen LogP contribution in [0.25, 0.3) is 0 Å². The maximum absolute atomic E-state index is 12.2. The third kappa shape index (κ3) is 5.20. The van der Waals surface area contributed by atoms with Gasteiger partial charge >= 0.3 is 0 Å². The number of nitrogens with zero attached hydrogens (tertiary/aromatic N) is 1. The van der Waals surface area contributed by atoms with Crippen LogP contribution >= 0.6 is 0 Å². The van der Waals surface area contributed by atoms with Gasteiger partial charge in [0.2, 0.25) is 5.91 Å². The molecule has 1 aliphatic rings. The first-order valence-corrected chi connectivity index (χ1v) is 8.89. The van der Waals surface area contributed by atoms with Gasteiger partial charge in [0.1, 0.15) is 0 Å². The van der Waals surface area contributed by atoms with Crippen LogP contribution in [0.15, 0.2) is 60.7 Å². The van der Waals surface area contributed by atoms with Crippen molar-refractivity contribution in [3.8, 4) is 0 Å². The SMILES string of the molecule is O=C(CCc1ccccc1)N[C@@H]1CCCN(Cc2ccccc2)C1. The summed E-state index contributed by atoms with van der Waals surface area (Å²) in [6.45, 7) is 3.04. The summed E-state index contributed by atoms with van der Waals surface area (Å²) in [7, 11) is 0. The van der Waals surface area contributed by atoms with Gasteiger partial charge in [-0.05, 0) is 36.9 Å². The molecule has 1 aliphatic heterocycles. The van der Waals surface area contributed by atoms with Gasteiger partial charge in [0.15, 0.2) is 0 Å². The van der Waals surface area contributed by atoms with E-state index in [9.17, 15) is 4.79 Å². The maximum Gasteiger partial charge on any atom is 0.220 e. The molecule has 0 aromatic heterocycles. The van der Waals surface area contributed by atoms with Crippen molar-refractivity contribution in [3.63, 3.8) is 0 Å². The zero-order chi connectivity index (χ0) is 16.6. The number of nitrogens with one attached hydrogen (secondary N) is 1. The molecule has 0 bridgehead atoms. The highest BCUT2D eigenvalue weighted by Crippen LogP contribution is 2.14. The summed E-state index contributed by atoms with van der Waals surface area (Å²) in [5.41, 5.74) is 2.57. The summed E-state index contributed by atoms with van der Waals surface area (Å²) >= 11 is 0. The van der Waals surface area contributed by atoms with Crippen LogP contribution in [0.4, 0.5) is 0 Å². The average molecular weight is 322 g/mol. The Bertz CT molecular complexity index is 627. The molecule has 3 rings (SSSR count). The molecule has 24 heavy (non-hydrogen) atoms. The van der Waals surface area contributed by atoms with E-state index in [0.29, 0.717) is 6.42 Å². The molecule has 0 radical (unpaired) electrons. The summed E-state index contributed by atoms with van der Waals surface area (Å²) in [5.74, 6) is 0.172. The van der Waals surface area contributed by atoms with Crippen LogP contribution in [0.1, 0.15) is 30.4 Å². The molecule has 126 valence electrons. The highest BCUT2D eigenvalue weighted by Gasteiger charge is 2.21. The molecule has 1 heterocycles. The number of rotatable bonds is 6. The van der Waals surface area contributed by atoms with Gasteiger partial charge in [-0.15, -0.1) is 0 Å². The molecule has 3 nitrogen and oxygen atoms in total. The fourth-order valence-corrected chi connectivity index (χ4v) is 3.36. The number of benzene rings is 2. The van der Waals surface area contributed by atoms with Crippen molar-refractivity contribution in [2.75, 3.05) is 13.1 Å². The Morgan fingerprint density at radius 1 is 1.00 bits per heavy atom. The van der Waals surface area contributed by atoms with Crippen LogP contribution in [0.5, 0.6) is 0 Å². The van der Waals surface area contributed by atoms with E-state index in [-0.39, 0.29) is 11.9 Å². The standard InChI is InChI=1S/C21H26N2O/c24-21(14-13-18-8-3-1-4-9-18)22-20-12-7-15-23(17-20)16-19-10-5-2-6-11-19/h1-6,8-11,20H,7,12-17H2,(H,22,24)/t20-/m1/s1. The Hall–Kier alpha value is -2.13. The van der Waals surface area contributed by atoms with Crippen molar-refractivity contribution in [2.45, 2.75) is 38.3 Å². The first-order chi connectivity index (χ1) is 11.8. The minimum absolute atomic E-state index is 0.172. The minimum atomic E-state index is 0.172. The summed E-state index contributed by atoms with van der Waals surface area (Å²) < 4.78 is 0. The van der Waals surface area contributed by atoms with E-state index in [2.05, 4.69) is 52.7 Å². The number of piperidine rings is 1. The molecule has 1 fully saturated rings. The van der Waals surface area contributed by atoms with Crippen molar-refractivity contribution in [1.82, 2.24) is 10.2 Å². The molecule has 0 unspecified atom stereocenters. The smallest absolute Gasteiger partial charge is 0.220 e. The fraction of sp³-hybridized carbons (Fsp3) is 0.381. The highest BCUT2D eigenvalue weighted by atomic mass is 16.1. The van der Waals surface area contributed by atoms with Gasteiger partial charge < -0.3 is 5.32 Å². The highest BCUT2D eigenvalue weighted by molar-refractivity contribution is 5.76. The van der Waals surface area contributed by atoms with Crippen LogP contribution in [0.2, 0.25) is 0 Å². The summed E-state index contributed by atoms with van der Waals surface area (Å²) in [5, 5.41) is 3.22. The number of amides is 1. The molecule has 2 aromatic carbocycles. The van der Waals surface area contributed by atoms with Crippen LogP contribution in [0, 0.1) is 0 Å². The molecule has 0 spiro atoms. The Morgan fingerprint density at radius 3 is 2.38 bits per heavy atom. The Kier molecular flexibility index (Phi) is 6.02. The zero-order valence-corrected chi connectivity index (χ0v) is 14.2. The van der Waals surface area contributed by atoms with E-state index in [0.717, 1.165) is 38.9 Å². The van der Waals surface area contributed by atoms with Crippen LogP contribution in [0.3, 0.4) is 0 Å². The van der Waals surface area contributed by atoms with E-state index in [4.69, 9.17) is 0 Å². The molecule has 1 saturated heterocycles. The number of hydrogen-bond acceptors (Lipinski definition) is 2. The minimum Gasteiger partial charge on any atom is -0.352 e. The molecular weight excluding hydrogens is 296 g/mol. The fourth-order valence-electron chi connectivity index (χ4n) is 3.36. The molecule has 2 aromatic rings. The first kappa shape index (κ1) is 16.7. The number of hydrogen-bond donors (Lipinski definition) is 1. The van der Waals surface area contributed by atoms with Crippen LogP contribution in [-0.4, -0.2) is 29.9 Å². The van der Waals surface area contributed by atoms with Crippen molar-refractivity contribution < 1.29 is 4.79 Å². The molecule has 0 aliphatic carbocycles. The second-order valence-electron chi connectivity index (χ2n) is 6.61. The van der Waals surface area contributed by atoms with Crippen molar-refractivity contribution >= 4 is 5.91 Å². The predicted molar refractivity (Wildman–Crippen MR) is 97.6 cm³/mol. The third-order valence-electron chi connectivity index (χ3n) is 4.60. The van der Waals surface area contributed by atoms with Gasteiger partial charge in [0.05, 0.1) is 0 Å². The second-order valence-corrected chi connectivity index (χ2v) is 6.61.